The van der Waals surface area contributed by atoms with E-state index in [-0.39, 0.29) is 6.04 Å². The summed E-state index contributed by atoms with van der Waals surface area (Å²) in [6.07, 6.45) is 0. The Labute approximate surface area is 129 Å². The van der Waals surface area contributed by atoms with Crippen molar-refractivity contribution in [2.45, 2.75) is 32.7 Å². The molecule has 0 amide bonds. The van der Waals surface area contributed by atoms with Crippen molar-refractivity contribution in [1.29, 1.82) is 0 Å². The molecule has 0 spiro atoms. The van der Waals surface area contributed by atoms with E-state index in [4.69, 9.17) is 10.5 Å². The van der Waals surface area contributed by atoms with Crippen LogP contribution >= 0.6 is 15.9 Å². The molecule has 0 aliphatic heterocycles. The maximum absolute atomic E-state index is 6.12. The first-order valence-electron chi connectivity index (χ1n) is 6.81. The van der Waals surface area contributed by atoms with E-state index >= 15 is 0 Å². The fraction of sp³-hybridized carbons (Fsp3) is 0.294. The van der Waals surface area contributed by atoms with Gasteiger partial charge in [0.25, 0.3) is 0 Å². The molecule has 1 unspecified atom stereocenters. The maximum Gasteiger partial charge on any atom is 0.132 e. The van der Waals surface area contributed by atoms with Gasteiger partial charge in [0.1, 0.15) is 11.5 Å². The van der Waals surface area contributed by atoms with Gasteiger partial charge in [0.05, 0.1) is 0 Å². The Bertz CT molecular complexity index is 593. The molecule has 0 fully saturated rings. The van der Waals surface area contributed by atoms with E-state index < -0.39 is 0 Å². The van der Waals surface area contributed by atoms with Crippen molar-refractivity contribution in [3.8, 4) is 11.5 Å². The van der Waals surface area contributed by atoms with E-state index in [9.17, 15) is 0 Å². The highest BCUT2D eigenvalue weighted by Crippen LogP contribution is 2.34. The molecule has 0 saturated heterocycles. The summed E-state index contributed by atoms with van der Waals surface area (Å²) >= 11 is 3.48. The van der Waals surface area contributed by atoms with Gasteiger partial charge >= 0.3 is 0 Å². The molecule has 2 aromatic rings. The number of rotatable bonds is 4. The first kappa shape index (κ1) is 15.1. The topological polar surface area (TPSA) is 35.2 Å². The molecule has 20 heavy (non-hydrogen) atoms. The van der Waals surface area contributed by atoms with Crippen LogP contribution in [0.2, 0.25) is 0 Å². The van der Waals surface area contributed by atoms with Crippen LogP contribution in [0.5, 0.6) is 11.5 Å². The van der Waals surface area contributed by atoms with Gasteiger partial charge in [0, 0.05) is 16.1 Å². The standard InChI is InChI=1S/C17H20BrNO/c1-11(2)14-6-4-5-7-16(14)20-17-9-8-13(18)10-15(17)12(3)19/h4-12H,19H2,1-3H3. The zero-order valence-corrected chi connectivity index (χ0v) is 13.6. The van der Waals surface area contributed by atoms with Crippen molar-refractivity contribution in [3.05, 3.63) is 58.1 Å². The third kappa shape index (κ3) is 3.41. The van der Waals surface area contributed by atoms with E-state index in [1.807, 2.05) is 43.3 Å². The Balaban J connectivity index is 2.40. The molecular formula is C17H20BrNO. The molecule has 106 valence electrons. The SMILES string of the molecule is CC(C)c1ccccc1Oc1ccc(Br)cc1C(C)N. The normalized spacial score (nSPS) is 12.5. The number of para-hydroxylation sites is 1. The van der Waals surface area contributed by atoms with Crippen LogP contribution in [0.4, 0.5) is 0 Å². The van der Waals surface area contributed by atoms with Crippen molar-refractivity contribution < 1.29 is 4.74 Å². The molecule has 2 rings (SSSR count). The Hall–Kier alpha value is -1.32. The fourth-order valence-corrected chi connectivity index (χ4v) is 2.52. The van der Waals surface area contributed by atoms with Crippen molar-refractivity contribution in [1.82, 2.24) is 0 Å². The summed E-state index contributed by atoms with van der Waals surface area (Å²) < 4.78 is 7.13. The van der Waals surface area contributed by atoms with Gasteiger partial charge in [-0.15, -0.1) is 0 Å². The predicted molar refractivity (Wildman–Crippen MR) is 87.3 cm³/mol. The number of benzene rings is 2. The largest absolute Gasteiger partial charge is 0.457 e. The smallest absolute Gasteiger partial charge is 0.132 e. The van der Waals surface area contributed by atoms with Gasteiger partial charge in [0.2, 0.25) is 0 Å². The number of hydrogen-bond donors (Lipinski definition) is 1. The van der Waals surface area contributed by atoms with Gasteiger partial charge < -0.3 is 10.5 Å². The van der Waals surface area contributed by atoms with Crippen molar-refractivity contribution in [2.24, 2.45) is 5.73 Å². The fourth-order valence-electron chi connectivity index (χ4n) is 2.14. The minimum atomic E-state index is -0.0753. The summed E-state index contributed by atoms with van der Waals surface area (Å²) in [6, 6.07) is 14.0. The van der Waals surface area contributed by atoms with Gasteiger partial charge in [-0.05, 0) is 42.7 Å². The Morgan fingerprint density at radius 1 is 0.950 bits per heavy atom. The summed E-state index contributed by atoms with van der Waals surface area (Å²) in [6.45, 7) is 6.29. The van der Waals surface area contributed by atoms with Gasteiger partial charge in [-0.1, -0.05) is 48.0 Å². The van der Waals surface area contributed by atoms with Crippen LogP contribution < -0.4 is 10.5 Å². The Morgan fingerprint density at radius 2 is 1.60 bits per heavy atom. The molecule has 0 bridgehead atoms. The highest BCUT2D eigenvalue weighted by Gasteiger charge is 2.13. The number of nitrogens with two attached hydrogens (primary N) is 1. The molecule has 0 aromatic heterocycles. The van der Waals surface area contributed by atoms with Crippen LogP contribution in [0.15, 0.2) is 46.9 Å². The first-order chi connectivity index (χ1) is 9.49. The molecule has 0 radical (unpaired) electrons. The van der Waals surface area contributed by atoms with E-state index in [2.05, 4.69) is 35.8 Å². The highest BCUT2D eigenvalue weighted by molar-refractivity contribution is 9.10. The summed E-state index contributed by atoms with van der Waals surface area (Å²) in [5, 5.41) is 0. The lowest BCUT2D eigenvalue weighted by atomic mass is 10.0. The second kappa shape index (κ2) is 6.42. The molecular weight excluding hydrogens is 314 g/mol. The summed E-state index contributed by atoms with van der Waals surface area (Å²) in [5.41, 5.74) is 8.23. The lowest BCUT2D eigenvalue weighted by Gasteiger charge is -2.17. The second-order valence-electron chi connectivity index (χ2n) is 5.27. The van der Waals surface area contributed by atoms with Crippen molar-refractivity contribution >= 4 is 15.9 Å². The Morgan fingerprint density at radius 3 is 2.25 bits per heavy atom. The van der Waals surface area contributed by atoms with E-state index in [0.717, 1.165) is 21.5 Å². The van der Waals surface area contributed by atoms with Crippen molar-refractivity contribution in [2.75, 3.05) is 0 Å². The molecule has 2 N–H and O–H groups in total. The van der Waals surface area contributed by atoms with E-state index in [1.54, 1.807) is 0 Å². The third-order valence-electron chi connectivity index (χ3n) is 3.22. The average Bonchev–Trinajstić information content (AvgIpc) is 2.41. The molecule has 2 aromatic carbocycles. The quantitative estimate of drug-likeness (QED) is 0.814. The van der Waals surface area contributed by atoms with E-state index in [1.165, 1.54) is 5.56 Å². The zero-order chi connectivity index (χ0) is 14.7. The van der Waals surface area contributed by atoms with Gasteiger partial charge in [0.15, 0.2) is 0 Å². The zero-order valence-electron chi connectivity index (χ0n) is 12.1. The van der Waals surface area contributed by atoms with Gasteiger partial charge in [-0.2, -0.15) is 0 Å². The maximum atomic E-state index is 6.12. The molecule has 0 heterocycles. The van der Waals surface area contributed by atoms with Crippen molar-refractivity contribution in [3.63, 3.8) is 0 Å². The third-order valence-corrected chi connectivity index (χ3v) is 3.72. The summed E-state index contributed by atoms with van der Waals surface area (Å²) in [7, 11) is 0. The van der Waals surface area contributed by atoms with Crippen LogP contribution in [-0.4, -0.2) is 0 Å². The lowest BCUT2D eigenvalue weighted by molar-refractivity contribution is 0.463. The van der Waals surface area contributed by atoms with E-state index in [0.29, 0.717) is 5.92 Å². The highest BCUT2D eigenvalue weighted by atomic mass is 79.9. The molecule has 1 atom stereocenters. The van der Waals surface area contributed by atoms with Crippen LogP contribution in [0, 0.1) is 0 Å². The molecule has 0 aliphatic rings. The molecule has 0 saturated carbocycles. The lowest BCUT2D eigenvalue weighted by Crippen LogP contribution is -2.07. The molecule has 3 heteroatoms. The average molecular weight is 334 g/mol. The monoisotopic (exact) mass is 333 g/mol. The predicted octanol–water partition coefficient (Wildman–Crippen LogP) is 5.38. The van der Waals surface area contributed by atoms with Crippen LogP contribution in [-0.2, 0) is 0 Å². The van der Waals surface area contributed by atoms with Gasteiger partial charge in [-0.3, -0.25) is 0 Å². The summed E-state index contributed by atoms with van der Waals surface area (Å²) in [5.74, 6) is 2.13. The number of hydrogen-bond acceptors (Lipinski definition) is 2. The van der Waals surface area contributed by atoms with Gasteiger partial charge in [-0.25, -0.2) is 0 Å². The number of ether oxygens (including phenoxy) is 1. The second-order valence-corrected chi connectivity index (χ2v) is 6.18. The minimum Gasteiger partial charge on any atom is -0.457 e. The van der Waals surface area contributed by atoms with Crippen LogP contribution in [0.25, 0.3) is 0 Å². The van der Waals surface area contributed by atoms with Crippen LogP contribution in [0.3, 0.4) is 0 Å². The number of halogens is 1. The summed E-state index contributed by atoms with van der Waals surface area (Å²) in [4.78, 5) is 0. The minimum absolute atomic E-state index is 0.0753. The first-order valence-corrected chi connectivity index (χ1v) is 7.60. The molecule has 2 nitrogen and oxygen atoms in total. The van der Waals surface area contributed by atoms with Crippen LogP contribution in [0.1, 0.15) is 43.9 Å². The molecule has 0 aliphatic carbocycles. The Kier molecular flexibility index (Phi) is 4.84.